The number of halogens is 8. The highest BCUT2D eigenvalue weighted by Crippen LogP contribution is 2.42. The second kappa shape index (κ2) is 4.41. The van der Waals surface area contributed by atoms with Crippen molar-refractivity contribution in [3.8, 4) is 0 Å². The zero-order chi connectivity index (χ0) is 13.4. The molecule has 0 radical (unpaired) electrons. The van der Waals surface area contributed by atoms with Gasteiger partial charge in [-0.2, -0.15) is 26.3 Å². The number of rotatable bonds is 5. The minimum absolute atomic E-state index is 1.89. The molecule has 0 saturated heterocycles. The van der Waals surface area contributed by atoms with Crippen LogP contribution in [0.15, 0.2) is 0 Å². The van der Waals surface area contributed by atoms with E-state index in [-0.39, 0.29) is 0 Å². The number of hydrogen-bond donors (Lipinski definition) is 1. The van der Waals surface area contributed by atoms with E-state index < -0.39 is 35.0 Å². The predicted octanol–water partition coefficient (Wildman–Crippen LogP) is 2.27. The number of hydrogen-bond acceptors (Lipinski definition) is 2. The molecule has 0 aromatic heterocycles. The summed E-state index contributed by atoms with van der Waals surface area (Å²) in [6.45, 7) is 0. The van der Waals surface area contributed by atoms with Crippen molar-refractivity contribution in [3.63, 3.8) is 0 Å². The molecule has 16 heavy (non-hydrogen) atoms. The van der Waals surface area contributed by atoms with Crippen LogP contribution in [0.3, 0.4) is 0 Å². The Morgan fingerprint density at radius 3 is 1.69 bits per heavy atom. The first-order valence-electron chi connectivity index (χ1n) is 3.07. The lowest BCUT2D eigenvalue weighted by Gasteiger charge is -2.26. The minimum Gasteiger partial charge on any atom is -0.301 e. The smallest absolute Gasteiger partial charge is 0.301 e. The van der Waals surface area contributed by atoms with E-state index in [0.717, 1.165) is 0 Å². The van der Waals surface area contributed by atoms with Gasteiger partial charge in [-0.15, -0.1) is 0 Å². The molecule has 0 rings (SSSR count). The third-order valence-electron chi connectivity index (χ3n) is 1.08. The van der Waals surface area contributed by atoms with Gasteiger partial charge in [-0.05, 0) is 0 Å². The zero-order valence-corrected chi connectivity index (χ0v) is 7.59. The quantitative estimate of drug-likeness (QED) is 0.621. The second-order valence-electron chi connectivity index (χ2n) is 2.25. The fourth-order valence-electron chi connectivity index (χ4n) is 0.377. The summed E-state index contributed by atoms with van der Waals surface area (Å²) >= 11 is -4.58. The fraction of sp³-hybridized carbons (Fsp3) is 1.00. The van der Waals surface area contributed by atoms with Crippen molar-refractivity contribution in [1.82, 2.24) is 0 Å². The molecule has 0 aromatic carbocycles. The zero-order valence-electron chi connectivity index (χ0n) is 6.77. The van der Waals surface area contributed by atoms with E-state index >= 15 is 0 Å². The van der Waals surface area contributed by atoms with Gasteiger partial charge in [0.25, 0.3) is 0 Å². The van der Waals surface area contributed by atoms with Gasteiger partial charge in [0.1, 0.15) is 0 Å². The van der Waals surface area contributed by atoms with Gasteiger partial charge in [0.05, 0.1) is 0 Å². The van der Waals surface area contributed by atoms with E-state index in [0.29, 0.717) is 0 Å². The summed E-state index contributed by atoms with van der Waals surface area (Å²) < 4.78 is 114. The molecule has 0 aromatic rings. The van der Waals surface area contributed by atoms with Crippen molar-refractivity contribution in [2.75, 3.05) is 0 Å². The molecule has 1 unspecified atom stereocenters. The van der Waals surface area contributed by atoms with Gasteiger partial charge in [0, 0.05) is 0 Å². The summed E-state index contributed by atoms with van der Waals surface area (Å²) in [4.78, 5) is 0. The maximum absolute atomic E-state index is 12.2. The van der Waals surface area contributed by atoms with Crippen LogP contribution in [-0.4, -0.2) is 32.7 Å². The molecule has 0 fully saturated rings. The van der Waals surface area contributed by atoms with Crippen molar-refractivity contribution in [1.29, 1.82) is 0 Å². The van der Waals surface area contributed by atoms with Gasteiger partial charge in [0.15, 0.2) is 0 Å². The topological polar surface area (TPSA) is 46.5 Å². The molecule has 98 valence electrons. The van der Waals surface area contributed by atoms with Crippen molar-refractivity contribution in [2.24, 2.45) is 0 Å². The molecular formula is C4H2F8O3S. The van der Waals surface area contributed by atoms with Crippen LogP contribution >= 0.6 is 0 Å². The van der Waals surface area contributed by atoms with Crippen LogP contribution in [0.5, 0.6) is 0 Å². The molecular weight excluding hydrogens is 280 g/mol. The largest absolute Gasteiger partial charge is 0.439 e. The van der Waals surface area contributed by atoms with Crippen molar-refractivity contribution in [2.45, 2.75) is 23.9 Å². The third kappa shape index (κ3) is 3.01. The third-order valence-corrected chi connectivity index (χ3v) is 1.75. The Labute approximate surface area is 84.6 Å². The highest BCUT2D eigenvalue weighted by atomic mass is 32.2. The Kier molecular flexibility index (Phi) is 4.27. The van der Waals surface area contributed by atoms with Gasteiger partial charge in [-0.3, -0.25) is 0 Å². The molecule has 0 bridgehead atoms. The first kappa shape index (κ1) is 15.5. The summed E-state index contributed by atoms with van der Waals surface area (Å²) in [6, 6.07) is 0. The van der Waals surface area contributed by atoms with Crippen molar-refractivity contribution < 1.29 is 48.6 Å². The normalized spacial score (nSPS) is 16.6. The molecule has 0 aliphatic carbocycles. The molecule has 0 amide bonds. The van der Waals surface area contributed by atoms with Crippen molar-refractivity contribution in [3.05, 3.63) is 0 Å². The van der Waals surface area contributed by atoms with Gasteiger partial charge >= 0.3 is 23.9 Å². The van der Waals surface area contributed by atoms with Crippen LogP contribution in [-0.2, 0) is 15.8 Å². The van der Waals surface area contributed by atoms with Crippen LogP contribution < -0.4 is 0 Å². The summed E-state index contributed by atoms with van der Waals surface area (Å²) in [5.74, 6) is 0. The first-order chi connectivity index (χ1) is 6.84. The molecule has 0 spiro atoms. The van der Waals surface area contributed by atoms with Crippen LogP contribution in [0.2, 0.25) is 0 Å². The van der Waals surface area contributed by atoms with E-state index in [1.54, 1.807) is 0 Å². The maximum Gasteiger partial charge on any atom is 0.439 e. The SMILES string of the molecule is O=S(O)C(F)(F)C(F)(F)OC(F)(F)C(F)F. The monoisotopic (exact) mass is 282 g/mol. The van der Waals surface area contributed by atoms with E-state index in [2.05, 4.69) is 0 Å². The Morgan fingerprint density at radius 1 is 1.06 bits per heavy atom. The Hall–Kier alpha value is -0.490. The Balaban J connectivity index is 5.03. The Bertz CT molecular complexity index is 278. The lowest BCUT2D eigenvalue weighted by molar-refractivity contribution is -0.435. The van der Waals surface area contributed by atoms with Gasteiger partial charge in [-0.1, -0.05) is 0 Å². The molecule has 0 heterocycles. The highest BCUT2D eigenvalue weighted by Gasteiger charge is 2.68. The van der Waals surface area contributed by atoms with Gasteiger partial charge in [0.2, 0.25) is 11.1 Å². The summed E-state index contributed by atoms with van der Waals surface area (Å²) in [6.07, 6.45) is -16.9. The molecule has 12 heteroatoms. The summed E-state index contributed by atoms with van der Waals surface area (Å²) in [5.41, 5.74) is 0. The lowest BCUT2D eigenvalue weighted by atomic mass is 10.6. The maximum atomic E-state index is 12.2. The summed E-state index contributed by atoms with van der Waals surface area (Å²) in [7, 11) is 0. The van der Waals surface area contributed by atoms with Crippen LogP contribution in [0, 0.1) is 0 Å². The van der Waals surface area contributed by atoms with E-state index in [9.17, 15) is 39.3 Å². The first-order valence-corrected chi connectivity index (χ1v) is 4.18. The minimum atomic E-state index is -6.23. The number of alkyl halides is 8. The van der Waals surface area contributed by atoms with E-state index in [1.165, 1.54) is 0 Å². The Morgan fingerprint density at radius 2 is 1.44 bits per heavy atom. The molecule has 1 atom stereocenters. The van der Waals surface area contributed by atoms with Crippen LogP contribution in [0.1, 0.15) is 0 Å². The summed E-state index contributed by atoms with van der Waals surface area (Å²) in [5, 5.41) is -5.95. The average Bonchev–Trinajstić information content (AvgIpc) is 2.00. The van der Waals surface area contributed by atoms with Crippen LogP contribution in [0.25, 0.3) is 0 Å². The standard InChI is InChI=1S/C4H2F8O3S/c5-1(6)2(7,8)15-3(9,10)4(11,12)16(13)14/h1H,(H,13,14). The van der Waals surface area contributed by atoms with E-state index in [4.69, 9.17) is 4.55 Å². The second-order valence-corrected chi connectivity index (χ2v) is 3.26. The average molecular weight is 282 g/mol. The highest BCUT2D eigenvalue weighted by molar-refractivity contribution is 7.80. The number of ether oxygens (including phenoxy) is 1. The van der Waals surface area contributed by atoms with Gasteiger partial charge in [-0.25, -0.2) is 17.7 Å². The van der Waals surface area contributed by atoms with E-state index in [1.807, 2.05) is 4.74 Å². The fourth-order valence-corrected chi connectivity index (χ4v) is 0.621. The molecule has 3 nitrogen and oxygen atoms in total. The van der Waals surface area contributed by atoms with Crippen LogP contribution in [0.4, 0.5) is 35.1 Å². The molecule has 0 aliphatic rings. The molecule has 0 aliphatic heterocycles. The van der Waals surface area contributed by atoms with Gasteiger partial charge < -0.3 is 4.55 Å². The lowest BCUT2D eigenvalue weighted by Crippen LogP contribution is -2.51. The predicted molar refractivity (Wildman–Crippen MR) is 32.7 cm³/mol. The van der Waals surface area contributed by atoms with Crippen molar-refractivity contribution >= 4 is 11.1 Å². The molecule has 1 N–H and O–H groups in total. The molecule has 0 saturated carbocycles.